The summed E-state index contributed by atoms with van der Waals surface area (Å²) in [6, 6.07) is 14.5. The van der Waals surface area contributed by atoms with Gasteiger partial charge in [0.05, 0.1) is 21.3 Å². The molecule has 2 unspecified atom stereocenters. The first-order valence-corrected chi connectivity index (χ1v) is 10.7. The number of benzene rings is 2. The van der Waals surface area contributed by atoms with Gasteiger partial charge in [-0.2, -0.15) is 0 Å². The summed E-state index contributed by atoms with van der Waals surface area (Å²) in [5.74, 6) is 2.13. The van der Waals surface area contributed by atoms with E-state index in [0.717, 1.165) is 26.2 Å². The predicted octanol–water partition coefficient (Wildman–Crippen LogP) is 2.83. The van der Waals surface area contributed by atoms with Crippen molar-refractivity contribution in [3.63, 3.8) is 0 Å². The number of hydrogen-bond acceptors (Lipinski definition) is 7. The number of methoxy groups -OCH3 is 3. The number of rotatable bonds is 10. The molecule has 7 nitrogen and oxygen atoms in total. The van der Waals surface area contributed by atoms with Crippen LogP contribution >= 0.6 is 0 Å². The van der Waals surface area contributed by atoms with E-state index < -0.39 is 6.10 Å². The maximum Gasteiger partial charge on any atom is 0.203 e. The molecule has 0 spiro atoms. The van der Waals surface area contributed by atoms with Gasteiger partial charge in [-0.25, -0.2) is 0 Å². The average Bonchev–Trinajstić information content (AvgIpc) is 2.82. The fourth-order valence-corrected chi connectivity index (χ4v) is 3.96. The minimum absolute atomic E-state index is 0.194. The van der Waals surface area contributed by atoms with Crippen LogP contribution in [0.4, 0.5) is 0 Å². The molecule has 0 radical (unpaired) electrons. The SMILES string of the molecule is COc1cc(OCC(O)CN2CCN(C(C)c3ccccc3)CC2)cc(OC)c1OC. The van der Waals surface area contributed by atoms with Gasteiger partial charge in [-0.15, -0.1) is 0 Å². The van der Waals surface area contributed by atoms with Gasteiger partial charge in [0, 0.05) is 50.9 Å². The van der Waals surface area contributed by atoms with Gasteiger partial charge in [0.25, 0.3) is 0 Å². The Morgan fingerprint density at radius 3 is 2.06 bits per heavy atom. The van der Waals surface area contributed by atoms with E-state index in [1.807, 2.05) is 0 Å². The highest BCUT2D eigenvalue weighted by Crippen LogP contribution is 2.40. The van der Waals surface area contributed by atoms with Crippen molar-refractivity contribution in [2.75, 3.05) is 60.7 Å². The topological polar surface area (TPSA) is 63.6 Å². The Balaban J connectivity index is 1.47. The Morgan fingerprint density at radius 2 is 1.52 bits per heavy atom. The molecular weight excluding hydrogens is 396 g/mol. The van der Waals surface area contributed by atoms with Gasteiger partial charge < -0.3 is 24.1 Å². The first-order chi connectivity index (χ1) is 15.0. The number of hydrogen-bond donors (Lipinski definition) is 1. The zero-order chi connectivity index (χ0) is 22.2. The molecule has 7 heteroatoms. The average molecular weight is 431 g/mol. The van der Waals surface area contributed by atoms with Crippen LogP contribution in [-0.4, -0.2) is 81.7 Å². The second kappa shape index (κ2) is 11.2. The molecule has 1 heterocycles. The molecule has 0 bridgehead atoms. The molecular formula is C24H34N2O5. The van der Waals surface area contributed by atoms with Crippen LogP contribution in [0.1, 0.15) is 18.5 Å². The summed E-state index contributed by atoms with van der Waals surface area (Å²) >= 11 is 0. The van der Waals surface area contributed by atoms with E-state index >= 15 is 0 Å². The highest BCUT2D eigenvalue weighted by Gasteiger charge is 2.23. The number of nitrogens with zero attached hydrogens (tertiary/aromatic N) is 2. The smallest absolute Gasteiger partial charge is 0.203 e. The van der Waals surface area contributed by atoms with Crippen molar-refractivity contribution in [1.29, 1.82) is 0 Å². The largest absolute Gasteiger partial charge is 0.493 e. The highest BCUT2D eigenvalue weighted by atomic mass is 16.5. The van der Waals surface area contributed by atoms with Crippen molar-refractivity contribution in [2.24, 2.45) is 0 Å². The van der Waals surface area contributed by atoms with E-state index in [0.29, 0.717) is 35.6 Å². The van der Waals surface area contributed by atoms with Crippen LogP contribution in [0.25, 0.3) is 0 Å². The summed E-state index contributed by atoms with van der Waals surface area (Å²) in [5, 5.41) is 10.5. The molecule has 1 aliphatic rings. The van der Waals surface area contributed by atoms with Gasteiger partial charge in [0.15, 0.2) is 11.5 Å². The van der Waals surface area contributed by atoms with Crippen LogP contribution in [0.2, 0.25) is 0 Å². The summed E-state index contributed by atoms with van der Waals surface area (Å²) < 4.78 is 21.8. The van der Waals surface area contributed by atoms with Crippen molar-refractivity contribution in [1.82, 2.24) is 9.80 Å². The quantitative estimate of drug-likeness (QED) is 0.622. The van der Waals surface area contributed by atoms with Crippen LogP contribution in [-0.2, 0) is 0 Å². The van der Waals surface area contributed by atoms with Crippen molar-refractivity contribution < 1.29 is 24.1 Å². The lowest BCUT2D eigenvalue weighted by atomic mass is 10.1. The first-order valence-electron chi connectivity index (χ1n) is 10.7. The maximum absolute atomic E-state index is 10.5. The highest BCUT2D eigenvalue weighted by molar-refractivity contribution is 5.55. The van der Waals surface area contributed by atoms with Gasteiger partial charge in [-0.3, -0.25) is 9.80 Å². The Labute approximate surface area is 185 Å². The van der Waals surface area contributed by atoms with Gasteiger partial charge in [0.2, 0.25) is 5.75 Å². The van der Waals surface area contributed by atoms with Crippen LogP contribution in [0.5, 0.6) is 23.0 Å². The monoisotopic (exact) mass is 430 g/mol. The molecule has 3 rings (SSSR count). The molecule has 0 aromatic heterocycles. The van der Waals surface area contributed by atoms with E-state index in [2.05, 4.69) is 47.1 Å². The Kier molecular flexibility index (Phi) is 8.40. The molecule has 1 saturated heterocycles. The summed E-state index contributed by atoms with van der Waals surface area (Å²) in [6.07, 6.45) is -0.586. The fraction of sp³-hybridized carbons (Fsp3) is 0.500. The van der Waals surface area contributed by atoms with E-state index in [1.54, 1.807) is 33.5 Å². The van der Waals surface area contributed by atoms with Gasteiger partial charge in [0.1, 0.15) is 18.5 Å². The van der Waals surface area contributed by atoms with Crippen LogP contribution in [0.15, 0.2) is 42.5 Å². The summed E-state index contributed by atoms with van der Waals surface area (Å²) in [6.45, 7) is 6.85. The zero-order valence-corrected chi connectivity index (χ0v) is 18.9. The molecule has 31 heavy (non-hydrogen) atoms. The lowest BCUT2D eigenvalue weighted by Gasteiger charge is -2.38. The van der Waals surface area contributed by atoms with E-state index in [9.17, 15) is 5.11 Å². The third kappa shape index (κ3) is 6.03. The van der Waals surface area contributed by atoms with Gasteiger partial charge in [-0.05, 0) is 12.5 Å². The van der Waals surface area contributed by atoms with Crippen molar-refractivity contribution in [2.45, 2.75) is 19.1 Å². The molecule has 0 aliphatic carbocycles. The summed E-state index contributed by atoms with van der Waals surface area (Å²) in [4.78, 5) is 4.78. The van der Waals surface area contributed by atoms with Crippen molar-refractivity contribution >= 4 is 0 Å². The Morgan fingerprint density at radius 1 is 0.903 bits per heavy atom. The third-order valence-electron chi connectivity index (χ3n) is 5.79. The molecule has 2 aromatic carbocycles. The Hall–Kier alpha value is -2.48. The molecule has 170 valence electrons. The van der Waals surface area contributed by atoms with Crippen molar-refractivity contribution in [3.8, 4) is 23.0 Å². The van der Waals surface area contributed by atoms with Crippen LogP contribution < -0.4 is 18.9 Å². The second-order valence-electron chi connectivity index (χ2n) is 7.75. The normalized spacial score (nSPS) is 17.1. The lowest BCUT2D eigenvalue weighted by molar-refractivity contribution is 0.0379. The van der Waals surface area contributed by atoms with Crippen molar-refractivity contribution in [3.05, 3.63) is 48.0 Å². The fourth-order valence-electron chi connectivity index (χ4n) is 3.96. The van der Waals surface area contributed by atoms with E-state index in [1.165, 1.54) is 5.56 Å². The molecule has 2 aromatic rings. The second-order valence-corrected chi connectivity index (χ2v) is 7.75. The predicted molar refractivity (Wildman–Crippen MR) is 120 cm³/mol. The number of piperazine rings is 1. The molecule has 1 N–H and O–H groups in total. The Bertz CT molecular complexity index is 784. The molecule has 0 saturated carbocycles. The third-order valence-corrected chi connectivity index (χ3v) is 5.79. The van der Waals surface area contributed by atoms with Crippen LogP contribution in [0, 0.1) is 0 Å². The lowest BCUT2D eigenvalue weighted by Crippen LogP contribution is -2.49. The first kappa shape index (κ1) is 23.2. The van der Waals surface area contributed by atoms with Gasteiger partial charge in [-0.1, -0.05) is 30.3 Å². The number of β-amino-alcohol motifs (C(OH)–C–C–N with tert-alkyl or cyclic N) is 1. The molecule has 2 atom stereocenters. The molecule has 1 fully saturated rings. The van der Waals surface area contributed by atoms with E-state index in [-0.39, 0.29) is 6.61 Å². The number of aliphatic hydroxyl groups excluding tert-OH is 1. The van der Waals surface area contributed by atoms with E-state index in [4.69, 9.17) is 18.9 Å². The molecule has 0 amide bonds. The van der Waals surface area contributed by atoms with Crippen LogP contribution in [0.3, 0.4) is 0 Å². The number of ether oxygens (including phenoxy) is 4. The maximum atomic E-state index is 10.5. The number of aliphatic hydroxyl groups is 1. The molecule has 1 aliphatic heterocycles. The summed E-state index contributed by atoms with van der Waals surface area (Å²) in [7, 11) is 4.69. The summed E-state index contributed by atoms with van der Waals surface area (Å²) in [5.41, 5.74) is 1.34. The standard InChI is InChI=1S/C24H34N2O5/c1-18(19-8-6-5-7-9-19)26-12-10-25(11-13-26)16-20(27)17-31-21-14-22(28-2)24(30-4)23(15-21)29-3/h5-9,14-15,18,20,27H,10-13,16-17H2,1-4H3. The minimum atomic E-state index is -0.586. The minimum Gasteiger partial charge on any atom is -0.493 e. The van der Waals surface area contributed by atoms with Gasteiger partial charge >= 0.3 is 0 Å². The zero-order valence-electron chi connectivity index (χ0n) is 18.9.